The standard InChI is InChI=1S/C11H20BrNO/c1-2-3-7-13-8-4-11(5-9-13)14-10-6-12/h2-3,11H,4-10H2,1H3/b3-2+. The van der Waals surface area contributed by atoms with Gasteiger partial charge >= 0.3 is 0 Å². The zero-order valence-corrected chi connectivity index (χ0v) is 10.5. The Labute approximate surface area is 95.4 Å². The Balaban J connectivity index is 2.11. The molecule has 1 rings (SSSR count). The fourth-order valence-corrected chi connectivity index (χ4v) is 1.91. The van der Waals surface area contributed by atoms with E-state index in [0.29, 0.717) is 6.10 Å². The fourth-order valence-electron chi connectivity index (χ4n) is 1.72. The van der Waals surface area contributed by atoms with E-state index in [-0.39, 0.29) is 0 Å². The van der Waals surface area contributed by atoms with E-state index in [1.165, 1.54) is 25.9 Å². The minimum absolute atomic E-state index is 0.495. The topological polar surface area (TPSA) is 12.5 Å². The maximum Gasteiger partial charge on any atom is 0.0599 e. The number of rotatable bonds is 5. The predicted molar refractivity (Wildman–Crippen MR) is 64.0 cm³/mol. The van der Waals surface area contributed by atoms with Crippen LogP contribution in [-0.4, -0.2) is 42.6 Å². The number of ether oxygens (including phenoxy) is 1. The molecule has 0 aromatic rings. The molecule has 1 fully saturated rings. The van der Waals surface area contributed by atoms with Gasteiger partial charge in [-0.2, -0.15) is 0 Å². The molecule has 0 aliphatic carbocycles. The van der Waals surface area contributed by atoms with E-state index in [0.717, 1.165) is 18.5 Å². The lowest BCUT2D eigenvalue weighted by Crippen LogP contribution is -2.37. The molecule has 0 unspecified atom stereocenters. The Bertz CT molecular complexity index is 165. The fraction of sp³-hybridized carbons (Fsp3) is 0.818. The SMILES string of the molecule is C/C=C/CN1CCC(OCCBr)CC1. The number of likely N-dealkylation sites (tertiary alicyclic amines) is 1. The highest BCUT2D eigenvalue weighted by molar-refractivity contribution is 9.09. The summed E-state index contributed by atoms with van der Waals surface area (Å²) in [4.78, 5) is 2.48. The van der Waals surface area contributed by atoms with Crippen LogP contribution in [0.15, 0.2) is 12.2 Å². The number of alkyl halides is 1. The molecule has 1 heterocycles. The highest BCUT2D eigenvalue weighted by Gasteiger charge is 2.18. The molecular formula is C11H20BrNO. The van der Waals surface area contributed by atoms with Gasteiger partial charge in [-0.05, 0) is 19.8 Å². The molecule has 1 aliphatic heterocycles. The molecule has 0 aromatic heterocycles. The first-order valence-corrected chi connectivity index (χ1v) is 6.50. The van der Waals surface area contributed by atoms with E-state index in [4.69, 9.17) is 4.74 Å². The number of halogens is 1. The van der Waals surface area contributed by atoms with E-state index in [1.807, 2.05) is 0 Å². The van der Waals surface area contributed by atoms with Crippen LogP contribution in [0.2, 0.25) is 0 Å². The molecule has 1 saturated heterocycles. The largest absolute Gasteiger partial charge is 0.377 e. The van der Waals surface area contributed by atoms with Crippen LogP contribution < -0.4 is 0 Å². The molecule has 2 nitrogen and oxygen atoms in total. The van der Waals surface area contributed by atoms with Gasteiger partial charge < -0.3 is 4.74 Å². The third kappa shape index (κ3) is 4.58. The molecule has 1 aliphatic rings. The van der Waals surface area contributed by atoms with Crippen LogP contribution in [0.5, 0.6) is 0 Å². The van der Waals surface area contributed by atoms with Crippen molar-refractivity contribution in [3.05, 3.63) is 12.2 Å². The molecule has 3 heteroatoms. The monoisotopic (exact) mass is 261 g/mol. The zero-order valence-electron chi connectivity index (χ0n) is 8.92. The van der Waals surface area contributed by atoms with Gasteiger partial charge in [-0.25, -0.2) is 0 Å². The molecule has 0 N–H and O–H groups in total. The number of nitrogens with zero attached hydrogens (tertiary/aromatic N) is 1. The highest BCUT2D eigenvalue weighted by atomic mass is 79.9. The van der Waals surface area contributed by atoms with E-state index in [2.05, 4.69) is 39.9 Å². The van der Waals surface area contributed by atoms with Gasteiger partial charge in [0, 0.05) is 25.0 Å². The van der Waals surface area contributed by atoms with E-state index in [9.17, 15) is 0 Å². The van der Waals surface area contributed by atoms with Crippen molar-refractivity contribution in [3.8, 4) is 0 Å². The Morgan fingerprint density at radius 3 is 2.71 bits per heavy atom. The second-order valence-electron chi connectivity index (χ2n) is 3.63. The summed E-state index contributed by atoms with van der Waals surface area (Å²) in [5, 5.41) is 0.950. The van der Waals surface area contributed by atoms with Crippen molar-refractivity contribution in [2.45, 2.75) is 25.9 Å². The van der Waals surface area contributed by atoms with Gasteiger partial charge in [0.2, 0.25) is 0 Å². The molecule has 14 heavy (non-hydrogen) atoms. The highest BCUT2D eigenvalue weighted by Crippen LogP contribution is 2.13. The van der Waals surface area contributed by atoms with E-state index in [1.54, 1.807) is 0 Å². The summed E-state index contributed by atoms with van der Waals surface area (Å²) in [6, 6.07) is 0. The zero-order chi connectivity index (χ0) is 10.2. The molecule has 0 aromatic carbocycles. The summed E-state index contributed by atoms with van der Waals surface area (Å²) in [5.74, 6) is 0. The molecule has 82 valence electrons. The van der Waals surface area contributed by atoms with Gasteiger partial charge in [0.15, 0.2) is 0 Å². The third-order valence-corrected chi connectivity index (χ3v) is 2.89. The molecule has 0 bridgehead atoms. The number of allylic oxidation sites excluding steroid dienone is 1. The van der Waals surface area contributed by atoms with Crippen LogP contribution >= 0.6 is 15.9 Å². The third-order valence-electron chi connectivity index (χ3n) is 2.56. The van der Waals surface area contributed by atoms with Crippen LogP contribution in [0.4, 0.5) is 0 Å². The van der Waals surface area contributed by atoms with Gasteiger partial charge in [-0.15, -0.1) is 0 Å². The maximum atomic E-state index is 5.69. The summed E-state index contributed by atoms with van der Waals surface area (Å²) >= 11 is 3.38. The number of hydrogen-bond donors (Lipinski definition) is 0. The summed E-state index contributed by atoms with van der Waals surface area (Å²) < 4.78 is 5.69. The van der Waals surface area contributed by atoms with Crippen LogP contribution in [0.3, 0.4) is 0 Å². The average Bonchev–Trinajstić information content (AvgIpc) is 2.25. The van der Waals surface area contributed by atoms with Crippen LogP contribution in [0.25, 0.3) is 0 Å². The Hall–Kier alpha value is 0.140. The van der Waals surface area contributed by atoms with Gasteiger partial charge in [0.1, 0.15) is 0 Å². The number of piperidine rings is 1. The van der Waals surface area contributed by atoms with E-state index < -0.39 is 0 Å². The van der Waals surface area contributed by atoms with Crippen molar-refractivity contribution >= 4 is 15.9 Å². The minimum Gasteiger partial charge on any atom is -0.377 e. The summed E-state index contributed by atoms with van der Waals surface area (Å²) in [5.41, 5.74) is 0. The van der Waals surface area contributed by atoms with Crippen LogP contribution in [-0.2, 0) is 4.74 Å². The van der Waals surface area contributed by atoms with Crippen molar-refractivity contribution < 1.29 is 4.74 Å². The summed E-state index contributed by atoms with van der Waals surface area (Å²) in [7, 11) is 0. The Morgan fingerprint density at radius 2 is 2.14 bits per heavy atom. The first kappa shape index (κ1) is 12.2. The maximum absolute atomic E-state index is 5.69. The smallest absolute Gasteiger partial charge is 0.0599 e. The normalized spacial score (nSPS) is 20.7. The van der Waals surface area contributed by atoms with Crippen molar-refractivity contribution in [3.63, 3.8) is 0 Å². The van der Waals surface area contributed by atoms with Gasteiger partial charge in [-0.1, -0.05) is 28.1 Å². The number of hydrogen-bond acceptors (Lipinski definition) is 2. The molecule has 0 spiro atoms. The van der Waals surface area contributed by atoms with Crippen molar-refractivity contribution in [1.29, 1.82) is 0 Å². The Kier molecular flexibility index (Phi) is 6.48. The van der Waals surface area contributed by atoms with Gasteiger partial charge in [0.05, 0.1) is 12.7 Å². The predicted octanol–water partition coefficient (Wildman–Crippen LogP) is 2.44. The minimum atomic E-state index is 0.495. The molecular weight excluding hydrogens is 242 g/mol. The Morgan fingerprint density at radius 1 is 1.43 bits per heavy atom. The van der Waals surface area contributed by atoms with Crippen molar-refractivity contribution in [2.24, 2.45) is 0 Å². The van der Waals surface area contributed by atoms with Crippen LogP contribution in [0, 0.1) is 0 Å². The average molecular weight is 262 g/mol. The molecule has 0 amide bonds. The lowest BCUT2D eigenvalue weighted by molar-refractivity contribution is 0.0184. The van der Waals surface area contributed by atoms with Gasteiger partial charge in [0.25, 0.3) is 0 Å². The second kappa shape index (κ2) is 7.43. The summed E-state index contributed by atoms with van der Waals surface area (Å²) in [6.45, 7) is 6.38. The summed E-state index contributed by atoms with van der Waals surface area (Å²) in [6.07, 6.45) is 7.21. The first-order chi connectivity index (χ1) is 6.86. The van der Waals surface area contributed by atoms with Crippen molar-refractivity contribution in [1.82, 2.24) is 4.90 Å². The molecule has 0 atom stereocenters. The van der Waals surface area contributed by atoms with Gasteiger partial charge in [-0.3, -0.25) is 4.90 Å². The lowest BCUT2D eigenvalue weighted by atomic mass is 10.1. The first-order valence-electron chi connectivity index (χ1n) is 5.38. The van der Waals surface area contributed by atoms with E-state index >= 15 is 0 Å². The van der Waals surface area contributed by atoms with Crippen LogP contribution in [0.1, 0.15) is 19.8 Å². The lowest BCUT2D eigenvalue weighted by Gasteiger charge is -2.30. The molecule has 0 saturated carbocycles. The second-order valence-corrected chi connectivity index (χ2v) is 4.42. The quantitative estimate of drug-likeness (QED) is 0.557. The van der Waals surface area contributed by atoms with Crippen molar-refractivity contribution in [2.75, 3.05) is 31.6 Å². The molecule has 0 radical (unpaired) electrons.